The van der Waals surface area contributed by atoms with Gasteiger partial charge in [-0.3, -0.25) is 4.98 Å². The molecule has 1 aliphatic heterocycles. The second-order valence-electron chi connectivity index (χ2n) is 4.21. The lowest BCUT2D eigenvalue weighted by Gasteiger charge is -2.13. The van der Waals surface area contributed by atoms with Crippen LogP contribution in [0.5, 0.6) is 0 Å². The van der Waals surface area contributed by atoms with E-state index >= 15 is 0 Å². The van der Waals surface area contributed by atoms with Gasteiger partial charge >= 0.3 is 0 Å². The van der Waals surface area contributed by atoms with E-state index in [1.54, 1.807) is 0 Å². The van der Waals surface area contributed by atoms with E-state index in [-0.39, 0.29) is 0 Å². The maximum absolute atomic E-state index is 4.42. The number of halogens is 1. The number of pyridine rings is 1. The molecular weight excluding hydrogens is 264 g/mol. The fraction of sp³-hybridized carbons (Fsp3) is 0.308. The molecule has 1 aromatic heterocycles. The molecule has 0 saturated carbocycles. The van der Waals surface area contributed by atoms with Crippen LogP contribution in [0.25, 0.3) is 10.9 Å². The Balaban J connectivity index is 2.16. The van der Waals surface area contributed by atoms with Crippen molar-refractivity contribution in [3.8, 4) is 0 Å². The van der Waals surface area contributed by atoms with E-state index in [1.165, 1.54) is 23.8 Å². The van der Waals surface area contributed by atoms with Gasteiger partial charge in [-0.15, -0.1) is 0 Å². The van der Waals surface area contributed by atoms with Crippen molar-refractivity contribution in [3.05, 3.63) is 40.5 Å². The van der Waals surface area contributed by atoms with Gasteiger partial charge in [-0.05, 0) is 43.1 Å². The van der Waals surface area contributed by atoms with Gasteiger partial charge in [0.2, 0.25) is 0 Å². The average Bonchev–Trinajstić information content (AvgIpc) is 2.81. The normalized spacial score (nSPS) is 20.4. The smallest absolute Gasteiger partial charge is 0.0716 e. The van der Waals surface area contributed by atoms with Crippen LogP contribution in [0.1, 0.15) is 24.4 Å². The van der Waals surface area contributed by atoms with Crippen LogP contribution in [0.4, 0.5) is 0 Å². The maximum Gasteiger partial charge on any atom is 0.0716 e. The van der Waals surface area contributed by atoms with Crippen LogP contribution >= 0.6 is 15.9 Å². The average molecular weight is 277 g/mol. The first-order valence-electron chi connectivity index (χ1n) is 5.62. The van der Waals surface area contributed by atoms with Crippen LogP contribution in [0.3, 0.4) is 0 Å². The minimum atomic E-state index is 0.506. The molecule has 3 heteroatoms. The Morgan fingerprint density at radius 1 is 1.31 bits per heavy atom. The number of nitrogens with one attached hydrogen (secondary N) is 1. The predicted octanol–water partition coefficient (Wildman–Crippen LogP) is 3.42. The number of fused-ring (bicyclic) bond motifs is 1. The molecule has 0 spiro atoms. The summed E-state index contributed by atoms with van der Waals surface area (Å²) in [5, 5.41) is 4.81. The van der Waals surface area contributed by atoms with Crippen LogP contribution in [0.15, 0.2) is 34.9 Å². The fourth-order valence-corrected chi connectivity index (χ4v) is 2.75. The summed E-state index contributed by atoms with van der Waals surface area (Å²) >= 11 is 3.48. The molecule has 0 amide bonds. The Hall–Kier alpha value is -0.930. The van der Waals surface area contributed by atoms with Gasteiger partial charge in [-0.25, -0.2) is 0 Å². The molecule has 1 saturated heterocycles. The van der Waals surface area contributed by atoms with Crippen molar-refractivity contribution in [1.29, 1.82) is 0 Å². The Morgan fingerprint density at radius 3 is 3.06 bits per heavy atom. The summed E-state index contributed by atoms with van der Waals surface area (Å²) in [5.74, 6) is 0. The first kappa shape index (κ1) is 10.2. The topological polar surface area (TPSA) is 24.9 Å². The van der Waals surface area contributed by atoms with Crippen molar-refractivity contribution in [3.63, 3.8) is 0 Å². The number of hydrogen-bond acceptors (Lipinski definition) is 2. The Labute approximate surface area is 103 Å². The molecule has 0 aliphatic carbocycles. The summed E-state index contributed by atoms with van der Waals surface area (Å²) < 4.78 is 1.09. The molecular formula is C13H13BrN2. The third-order valence-electron chi connectivity index (χ3n) is 3.17. The van der Waals surface area contributed by atoms with E-state index in [0.717, 1.165) is 16.5 Å². The zero-order chi connectivity index (χ0) is 11.0. The summed E-state index contributed by atoms with van der Waals surface area (Å²) in [6.45, 7) is 1.13. The first-order valence-corrected chi connectivity index (χ1v) is 6.41. The number of rotatable bonds is 1. The van der Waals surface area contributed by atoms with Gasteiger partial charge in [0.15, 0.2) is 0 Å². The summed E-state index contributed by atoms with van der Waals surface area (Å²) in [6, 6.07) is 8.96. The first-order chi connectivity index (χ1) is 7.84. The third kappa shape index (κ3) is 1.74. The van der Waals surface area contributed by atoms with Gasteiger partial charge in [0, 0.05) is 22.1 Å². The summed E-state index contributed by atoms with van der Waals surface area (Å²) in [7, 11) is 0. The van der Waals surface area contributed by atoms with E-state index in [0.29, 0.717) is 6.04 Å². The largest absolute Gasteiger partial charge is 0.310 e. The molecule has 1 aliphatic rings. The van der Waals surface area contributed by atoms with Crippen LogP contribution in [-0.2, 0) is 0 Å². The molecule has 16 heavy (non-hydrogen) atoms. The van der Waals surface area contributed by atoms with Crippen LogP contribution in [0.2, 0.25) is 0 Å². The van der Waals surface area contributed by atoms with Gasteiger partial charge in [-0.2, -0.15) is 0 Å². The summed E-state index contributed by atoms with van der Waals surface area (Å²) in [5.41, 5.74) is 2.45. The molecule has 1 unspecified atom stereocenters. The molecule has 82 valence electrons. The molecule has 1 aromatic carbocycles. The van der Waals surface area contributed by atoms with Crippen molar-refractivity contribution < 1.29 is 0 Å². The zero-order valence-corrected chi connectivity index (χ0v) is 10.5. The van der Waals surface area contributed by atoms with Crippen molar-refractivity contribution in [1.82, 2.24) is 10.3 Å². The number of aromatic nitrogens is 1. The fourth-order valence-electron chi connectivity index (χ4n) is 2.40. The van der Waals surface area contributed by atoms with Crippen LogP contribution in [0, 0.1) is 0 Å². The zero-order valence-electron chi connectivity index (χ0n) is 8.91. The lowest BCUT2D eigenvalue weighted by Crippen LogP contribution is -2.13. The third-order valence-corrected chi connectivity index (χ3v) is 3.67. The van der Waals surface area contributed by atoms with Gasteiger partial charge in [0.05, 0.1) is 5.52 Å². The van der Waals surface area contributed by atoms with Crippen molar-refractivity contribution in [2.45, 2.75) is 18.9 Å². The van der Waals surface area contributed by atoms with E-state index in [9.17, 15) is 0 Å². The highest BCUT2D eigenvalue weighted by atomic mass is 79.9. The molecule has 2 aromatic rings. The standard InChI is InChI=1S/C13H13BrN2/c14-9-3-4-10-11(12-2-1-6-15-12)5-7-16-13(10)8-9/h3-5,7-8,12,15H,1-2,6H2. The minimum absolute atomic E-state index is 0.506. The second-order valence-corrected chi connectivity index (χ2v) is 5.13. The lowest BCUT2D eigenvalue weighted by atomic mass is 10.0. The van der Waals surface area contributed by atoms with E-state index < -0.39 is 0 Å². The Bertz CT molecular complexity index is 518. The van der Waals surface area contributed by atoms with E-state index in [4.69, 9.17) is 0 Å². The predicted molar refractivity (Wildman–Crippen MR) is 69.4 cm³/mol. The quantitative estimate of drug-likeness (QED) is 0.864. The summed E-state index contributed by atoms with van der Waals surface area (Å²) in [4.78, 5) is 4.42. The van der Waals surface area contributed by atoms with Gasteiger partial charge in [0.1, 0.15) is 0 Å². The molecule has 1 fully saturated rings. The van der Waals surface area contributed by atoms with Crippen molar-refractivity contribution in [2.75, 3.05) is 6.54 Å². The van der Waals surface area contributed by atoms with Gasteiger partial charge in [-0.1, -0.05) is 22.0 Å². The molecule has 0 bridgehead atoms. The molecule has 0 radical (unpaired) electrons. The molecule has 1 N–H and O–H groups in total. The molecule has 2 nitrogen and oxygen atoms in total. The second kappa shape index (κ2) is 4.15. The Kier molecular flexibility index (Phi) is 2.65. The van der Waals surface area contributed by atoms with Gasteiger partial charge < -0.3 is 5.32 Å². The van der Waals surface area contributed by atoms with Crippen molar-refractivity contribution >= 4 is 26.8 Å². The van der Waals surface area contributed by atoms with E-state index in [1.807, 2.05) is 6.20 Å². The highest BCUT2D eigenvalue weighted by Crippen LogP contribution is 2.29. The SMILES string of the molecule is Brc1ccc2c(C3CCCN3)ccnc2c1. The highest BCUT2D eigenvalue weighted by molar-refractivity contribution is 9.10. The number of benzene rings is 1. The van der Waals surface area contributed by atoms with Crippen molar-refractivity contribution in [2.24, 2.45) is 0 Å². The monoisotopic (exact) mass is 276 g/mol. The van der Waals surface area contributed by atoms with Gasteiger partial charge in [0.25, 0.3) is 0 Å². The number of nitrogens with zero attached hydrogens (tertiary/aromatic N) is 1. The lowest BCUT2D eigenvalue weighted by molar-refractivity contribution is 0.652. The summed E-state index contributed by atoms with van der Waals surface area (Å²) in [6.07, 6.45) is 4.41. The van der Waals surface area contributed by atoms with Crippen LogP contribution < -0.4 is 5.32 Å². The van der Waals surface area contributed by atoms with Crippen LogP contribution in [-0.4, -0.2) is 11.5 Å². The highest BCUT2D eigenvalue weighted by Gasteiger charge is 2.18. The minimum Gasteiger partial charge on any atom is -0.310 e. The maximum atomic E-state index is 4.42. The molecule has 1 atom stereocenters. The molecule has 2 heterocycles. The molecule has 3 rings (SSSR count). The number of hydrogen-bond donors (Lipinski definition) is 1. The Morgan fingerprint density at radius 2 is 2.25 bits per heavy atom. The van der Waals surface area contributed by atoms with E-state index in [2.05, 4.69) is 50.5 Å².